The predicted octanol–water partition coefficient (Wildman–Crippen LogP) is 0.335. The van der Waals surface area contributed by atoms with Crippen LogP contribution in [0.5, 0.6) is 0 Å². The van der Waals surface area contributed by atoms with Crippen LogP contribution >= 0.6 is 0 Å². The lowest BCUT2D eigenvalue weighted by Crippen LogP contribution is -2.07. The number of hydrogen-bond acceptors (Lipinski definition) is 4. The Morgan fingerprint density at radius 1 is 1.55 bits per heavy atom. The average molecular weight is 154 g/mol. The Morgan fingerprint density at radius 2 is 2.36 bits per heavy atom. The van der Waals surface area contributed by atoms with Crippen molar-refractivity contribution in [2.75, 3.05) is 13.1 Å². The number of hydrazone groups is 1. The van der Waals surface area contributed by atoms with Crippen molar-refractivity contribution in [3.8, 4) is 0 Å². The summed E-state index contributed by atoms with van der Waals surface area (Å²) in [4.78, 5) is 0. The molecule has 0 fully saturated rings. The van der Waals surface area contributed by atoms with Crippen molar-refractivity contribution in [3.63, 3.8) is 0 Å². The zero-order valence-corrected chi connectivity index (χ0v) is 6.67. The first-order valence-corrected chi connectivity index (χ1v) is 3.55. The summed E-state index contributed by atoms with van der Waals surface area (Å²) in [6.45, 7) is 3.64. The predicted molar refractivity (Wildman–Crippen MR) is 48.1 cm³/mol. The van der Waals surface area contributed by atoms with Gasteiger partial charge >= 0.3 is 0 Å². The molecule has 4 nitrogen and oxygen atoms in total. The molecule has 62 valence electrons. The zero-order valence-electron chi connectivity index (χ0n) is 6.67. The molecule has 4 heteroatoms. The summed E-state index contributed by atoms with van der Waals surface area (Å²) in [5.74, 6) is 0. The molecule has 0 radical (unpaired) electrons. The molecule has 0 unspecified atom stereocenters. The molecule has 0 heterocycles. The fraction of sp³-hybridized carbons (Fsp3) is 0.429. The van der Waals surface area contributed by atoms with Gasteiger partial charge in [-0.1, -0.05) is 0 Å². The smallest absolute Gasteiger partial charge is 0.0643 e. The van der Waals surface area contributed by atoms with Gasteiger partial charge in [-0.2, -0.15) is 5.10 Å². The van der Waals surface area contributed by atoms with Crippen LogP contribution in [0.4, 0.5) is 0 Å². The highest BCUT2D eigenvalue weighted by Gasteiger charge is 1.71. The molecule has 0 aliphatic carbocycles. The fourth-order valence-electron chi connectivity index (χ4n) is 0.455. The van der Waals surface area contributed by atoms with E-state index in [9.17, 15) is 0 Å². The van der Waals surface area contributed by atoms with E-state index in [0.717, 1.165) is 12.8 Å². The third-order valence-electron chi connectivity index (χ3n) is 0.889. The summed E-state index contributed by atoms with van der Waals surface area (Å²) in [5.41, 5.74) is 2.74. The Bertz CT molecular complexity index is 139. The van der Waals surface area contributed by atoms with Gasteiger partial charge in [0.15, 0.2) is 0 Å². The Hall–Kier alpha value is -1.32. The molecule has 0 aliphatic heterocycles. The summed E-state index contributed by atoms with van der Waals surface area (Å²) < 4.78 is 0. The van der Waals surface area contributed by atoms with Gasteiger partial charge < -0.3 is 16.2 Å². The van der Waals surface area contributed by atoms with E-state index in [2.05, 4.69) is 15.8 Å². The standard InChI is InChI=1S/C7H14N4/c1-2-9-5-3-6-10-11-7-4-8/h3-5,7-10H,2,6H2,1H3/b5-3-,8-4?,11-7-. The van der Waals surface area contributed by atoms with Crippen molar-refractivity contribution in [1.29, 1.82) is 5.41 Å². The van der Waals surface area contributed by atoms with E-state index in [0.29, 0.717) is 6.54 Å². The van der Waals surface area contributed by atoms with Crippen LogP contribution in [0.3, 0.4) is 0 Å². The van der Waals surface area contributed by atoms with Crippen molar-refractivity contribution >= 4 is 12.4 Å². The van der Waals surface area contributed by atoms with Crippen LogP contribution in [-0.2, 0) is 0 Å². The Morgan fingerprint density at radius 3 is 3.00 bits per heavy atom. The quantitative estimate of drug-likeness (QED) is 0.293. The highest BCUT2D eigenvalue weighted by Crippen LogP contribution is 1.65. The third kappa shape index (κ3) is 8.68. The molecule has 0 bridgehead atoms. The van der Waals surface area contributed by atoms with Crippen molar-refractivity contribution in [3.05, 3.63) is 12.3 Å². The summed E-state index contributed by atoms with van der Waals surface area (Å²) in [6, 6.07) is 0. The van der Waals surface area contributed by atoms with Crippen molar-refractivity contribution < 1.29 is 0 Å². The van der Waals surface area contributed by atoms with Crippen LogP contribution in [0.2, 0.25) is 0 Å². The summed E-state index contributed by atoms with van der Waals surface area (Å²) in [6.07, 6.45) is 6.31. The summed E-state index contributed by atoms with van der Waals surface area (Å²) in [5, 5.41) is 13.3. The first-order valence-electron chi connectivity index (χ1n) is 3.55. The molecule has 0 rings (SSSR count). The van der Waals surface area contributed by atoms with E-state index in [1.54, 1.807) is 0 Å². The normalized spacial score (nSPS) is 10.6. The Labute approximate surface area is 66.9 Å². The number of rotatable bonds is 6. The average Bonchev–Trinajstić information content (AvgIpc) is 2.03. The third-order valence-corrected chi connectivity index (χ3v) is 0.889. The van der Waals surface area contributed by atoms with Crippen LogP contribution in [0.15, 0.2) is 17.4 Å². The lowest BCUT2D eigenvalue weighted by Gasteiger charge is -1.92. The minimum Gasteiger partial charge on any atom is -0.391 e. The Balaban J connectivity index is 3.12. The van der Waals surface area contributed by atoms with Crippen molar-refractivity contribution in [2.24, 2.45) is 5.10 Å². The lowest BCUT2D eigenvalue weighted by atomic mass is 10.6. The van der Waals surface area contributed by atoms with Gasteiger partial charge in [0.2, 0.25) is 0 Å². The minimum absolute atomic E-state index is 0.678. The molecule has 11 heavy (non-hydrogen) atoms. The van der Waals surface area contributed by atoms with E-state index in [4.69, 9.17) is 5.41 Å². The lowest BCUT2D eigenvalue weighted by molar-refractivity contribution is 0.822. The number of hydrogen-bond donors (Lipinski definition) is 3. The monoisotopic (exact) mass is 154 g/mol. The molecular formula is C7H14N4. The first-order chi connectivity index (χ1) is 5.41. The number of nitrogens with zero attached hydrogens (tertiary/aromatic N) is 1. The molecule has 3 N–H and O–H groups in total. The molecule has 0 aliphatic rings. The SMILES string of the molecule is CCN/C=C\CN/N=C\C=N. The highest BCUT2D eigenvalue weighted by atomic mass is 15.3. The van der Waals surface area contributed by atoms with Gasteiger partial charge in [0.25, 0.3) is 0 Å². The maximum Gasteiger partial charge on any atom is 0.0643 e. The Kier molecular flexibility index (Phi) is 7.64. The van der Waals surface area contributed by atoms with Crippen LogP contribution in [0.1, 0.15) is 6.92 Å². The van der Waals surface area contributed by atoms with Gasteiger partial charge in [0.05, 0.1) is 12.8 Å². The second-order valence-electron chi connectivity index (χ2n) is 1.77. The second-order valence-corrected chi connectivity index (χ2v) is 1.77. The van der Waals surface area contributed by atoms with Crippen molar-refractivity contribution in [1.82, 2.24) is 10.7 Å². The van der Waals surface area contributed by atoms with Gasteiger partial charge in [-0.3, -0.25) is 0 Å². The maximum atomic E-state index is 6.60. The molecule has 0 saturated heterocycles. The largest absolute Gasteiger partial charge is 0.391 e. The van der Waals surface area contributed by atoms with E-state index in [1.165, 1.54) is 6.21 Å². The van der Waals surface area contributed by atoms with Crippen LogP contribution in [0.25, 0.3) is 0 Å². The molecule has 0 aromatic heterocycles. The minimum atomic E-state index is 0.678. The topological polar surface area (TPSA) is 60.3 Å². The molecule has 0 spiro atoms. The molecule has 0 aromatic carbocycles. The molecule has 0 amide bonds. The first kappa shape index (κ1) is 9.68. The van der Waals surface area contributed by atoms with Gasteiger partial charge in [0.1, 0.15) is 0 Å². The second kappa shape index (κ2) is 8.68. The van der Waals surface area contributed by atoms with Crippen LogP contribution in [0, 0.1) is 5.41 Å². The van der Waals surface area contributed by atoms with Gasteiger partial charge in [-0.25, -0.2) is 0 Å². The van der Waals surface area contributed by atoms with Crippen LogP contribution in [-0.4, -0.2) is 25.5 Å². The van der Waals surface area contributed by atoms with Gasteiger partial charge in [-0.15, -0.1) is 0 Å². The maximum absolute atomic E-state index is 6.60. The van der Waals surface area contributed by atoms with E-state index >= 15 is 0 Å². The molecule has 0 atom stereocenters. The molecule has 0 saturated carbocycles. The van der Waals surface area contributed by atoms with E-state index in [1.807, 2.05) is 19.2 Å². The number of nitrogens with one attached hydrogen (secondary N) is 3. The summed E-state index contributed by atoms with van der Waals surface area (Å²) >= 11 is 0. The van der Waals surface area contributed by atoms with Gasteiger partial charge in [-0.05, 0) is 19.2 Å². The fourth-order valence-corrected chi connectivity index (χ4v) is 0.455. The highest BCUT2D eigenvalue weighted by molar-refractivity contribution is 6.14. The molecule has 0 aromatic rings. The van der Waals surface area contributed by atoms with Crippen molar-refractivity contribution in [2.45, 2.75) is 6.92 Å². The van der Waals surface area contributed by atoms with E-state index < -0.39 is 0 Å². The van der Waals surface area contributed by atoms with Gasteiger partial charge in [0, 0.05) is 12.8 Å². The van der Waals surface area contributed by atoms with Crippen LogP contribution < -0.4 is 10.7 Å². The zero-order chi connectivity index (χ0) is 8.36. The summed E-state index contributed by atoms with van der Waals surface area (Å²) in [7, 11) is 0. The van der Waals surface area contributed by atoms with E-state index in [-0.39, 0.29) is 0 Å². The molecular weight excluding hydrogens is 140 g/mol.